The Hall–Kier alpha value is -1.64. The number of benzene rings is 1. The lowest BCUT2D eigenvalue weighted by Gasteiger charge is -2.13. The minimum atomic E-state index is -0.978. The predicted octanol–water partition coefficient (Wildman–Crippen LogP) is 1.63. The van der Waals surface area contributed by atoms with Gasteiger partial charge in [0.1, 0.15) is 16.6 Å². The molecule has 6 heteroatoms. The molecule has 1 heterocycles. The van der Waals surface area contributed by atoms with Crippen LogP contribution in [0.5, 0.6) is 0 Å². The van der Waals surface area contributed by atoms with Crippen LogP contribution in [0.15, 0.2) is 12.1 Å². The number of rotatable bonds is 2. The number of nitrogens with zero attached hydrogens (tertiary/aromatic N) is 4. The van der Waals surface area contributed by atoms with Gasteiger partial charge in [0.2, 0.25) is 0 Å². The lowest BCUT2D eigenvalue weighted by molar-refractivity contribution is 0.423. The van der Waals surface area contributed by atoms with Crippen molar-refractivity contribution in [3.8, 4) is 6.07 Å². The maximum Gasteiger partial charge on any atom is 0.122 e. The van der Waals surface area contributed by atoms with Crippen LogP contribution in [0.3, 0.4) is 0 Å². The average Bonchev–Trinajstić information content (AvgIpc) is 2.59. The van der Waals surface area contributed by atoms with Gasteiger partial charge in [-0.1, -0.05) is 11.6 Å². The number of hydrogen-bond donors (Lipinski definition) is 1. The topological polar surface area (TPSA) is 80.5 Å². The van der Waals surface area contributed by atoms with Crippen LogP contribution >= 0.6 is 11.6 Å². The van der Waals surface area contributed by atoms with Gasteiger partial charge in [0.25, 0.3) is 0 Å². The molecule has 5 nitrogen and oxygen atoms in total. The second kappa shape index (κ2) is 3.99. The molecule has 0 amide bonds. The Bertz CT molecular complexity index is 569. The zero-order valence-electron chi connectivity index (χ0n) is 9.61. The first-order valence-electron chi connectivity index (χ1n) is 5.12. The number of aryl methyl sites for hydroxylation is 1. The summed E-state index contributed by atoms with van der Waals surface area (Å²) >= 11 is 6.00. The molecule has 1 aromatic carbocycles. The van der Waals surface area contributed by atoms with Crippen molar-refractivity contribution in [1.82, 2.24) is 15.0 Å². The summed E-state index contributed by atoms with van der Waals surface area (Å²) in [6.07, 6.45) is 0. The second-order valence-electron chi connectivity index (χ2n) is 4.35. The van der Waals surface area contributed by atoms with Crippen molar-refractivity contribution in [2.24, 2.45) is 5.73 Å². The molecule has 0 fully saturated rings. The van der Waals surface area contributed by atoms with Crippen LogP contribution in [0.2, 0.25) is 5.02 Å². The fourth-order valence-electron chi connectivity index (χ4n) is 1.49. The SMILES string of the molecule is Cc1cc2nn(CC(C)(N)C#N)nc2cc1Cl. The molecular formula is C11H12ClN5. The van der Waals surface area contributed by atoms with Gasteiger partial charge < -0.3 is 5.73 Å². The van der Waals surface area contributed by atoms with E-state index in [-0.39, 0.29) is 6.54 Å². The Morgan fingerprint density at radius 2 is 2.06 bits per heavy atom. The van der Waals surface area contributed by atoms with Crippen molar-refractivity contribution >= 4 is 22.6 Å². The molecule has 88 valence electrons. The van der Waals surface area contributed by atoms with E-state index in [2.05, 4.69) is 10.2 Å². The molecule has 1 aromatic heterocycles. The molecule has 17 heavy (non-hydrogen) atoms. The second-order valence-corrected chi connectivity index (χ2v) is 4.76. The number of halogens is 1. The van der Waals surface area contributed by atoms with Crippen LogP contribution in [0.4, 0.5) is 0 Å². The third kappa shape index (κ3) is 2.38. The number of fused-ring (bicyclic) bond motifs is 1. The van der Waals surface area contributed by atoms with E-state index in [0.29, 0.717) is 10.5 Å². The summed E-state index contributed by atoms with van der Waals surface area (Å²) in [5, 5.41) is 18.0. The Kier molecular flexibility index (Phi) is 2.77. The summed E-state index contributed by atoms with van der Waals surface area (Å²) in [5.74, 6) is 0. The van der Waals surface area contributed by atoms with Gasteiger partial charge in [0.05, 0.1) is 12.6 Å². The molecule has 0 aliphatic heterocycles. The van der Waals surface area contributed by atoms with Crippen LogP contribution in [-0.2, 0) is 6.54 Å². The molecule has 0 radical (unpaired) electrons. The summed E-state index contributed by atoms with van der Waals surface area (Å²) in [6, 6.07) is 5.63. The van der Waals surface area contributed by atoms with Crippen molar-refractivity contribution in [1.29, 1.82) is 5.26 Å². The highest BCUT2D eigenvalue weighted by Gasteiger charge is 2.19. The largest absolute Gasteiger partial charge is 0.312 e. The lowest BCUT2D eigenvalue weighted by atomic mass is 10.1. The van der Waals surface area contributed by atoms with Gasteiger partial charge in [-0.15, -0.1) is 0 Å². The van der Waals surface area contributed by atoms with Gasteiger partial charge in [-0.05, 0) is 31.5 Å². The Balaban J connectivity index is 2.43. The Morgan fingerprint density at radius 3 is 2.65 bits per heavy atom. The highest BCUT2D eigenvalue weighted by atomic mass is 35.5. The van der Waals surface area contributed by atoms with Crippen molar-refractivity contribution in [2.75, 3.05) is 0 Å². The molecule has 0 aliphatic carbocycles. The van der Waals surface area contributed by atoms with E-state index in [1.165, 1.54) is 4.80 Å². The van der Waals surface area contributed by atoms with E-state index in [4.69, 9.17) is 22.6 Å². The van der Waals surface area contributed by atoms with E-state index in [0.717, 1.165) is 11.1 Å². The molecule has 1 unspecified atom stereocenters. The minimum Gasteiger partial charge on any atom is -0.312 e. The maximum atomic E-state index is 8.85. The van der Waals surface area contributed by atoms with Crippen molar-refractivity contribution in [2.45, 2.75) is 25.9 Å². The first kappa shape index (κ1) is 11.8. The molecule has 0 saturated heterocycles. The van der Waals surface area contributed by atoms with E-state index in [1.54, 1.807) is 13.0 Å². The summed E-state index contributed by atoms with van der Waals surface area (Å²) in [6.45, 7) is 3.79. The van der Waals surface area contributed by atoms with Crippen LogP contribution in [0.1, 0.15) is 12.5 Å². The lowest BCUT2D eigenvalue weighted by Crippen LogP contribution is -2.39. The van der Waals surface area contributed by atoms with Crippen LogP contribution in [0.25, 0.3) is 11.0 Å². The molecule has 0 aliphatic rings. The maximum absolute atomic E-state index is 8.85. The zero-order chi connectivity index (χ0) is 12.6. The zero-order valence-corrected chi connectivity index (χ0v) is 10.4. The predicted molar refractivity (Wildman–Crippen MR) is 65.5 cm³/mol. The monoisotopic (exact) mass is 249 g/mol. The fourth-order valence-corrected chi connectivity index (χ4v) is 1.64. The van der Waals surface area contributed by atoms with Crippen molar-refractivity contribution in [3.05, 3.63) is 22.7 Å². The number of nitrogens with two attached hydrogens (primary N) is 1. The summed E-state index contributed by atoms with van der Waals surface area (Å²) in [4.78, 5) is 1.43. The quantitative estimate of drug-likeness (QED) is 0.877. The highest BCUT2D eigenvalue weighted by molar-refractivity contribution is 6.32. The third-order valence-corrected chi connectivity index (χ3v) is 2.83. The summed E-state index contributed by atoms with van der Waals surface area (Å²) in [5.41, 5.74) is 7.16. The average molecular weight is 250 g/mol. The normalized spacial score (nSPS) is 14.5. The number of nitriles is 1. The van der Waals surface area contributed by atoms with Crippen molar-refractivity contribution < 1.29 is 0 Å². The smallest absolute Gasteiger partial charge is 0.122 e. The van der Waals surface area contributed by atoms with Gasteiger partial charge in [0.15, 0.2) is 0 Å². The van der Waals surface area contributed by atoms with Gasteiger partial charge in [-0.2, -0.15) is 20.3 Å². The molecule has 0 saturated carbocycles. The summed E-state index contributed by atoms with van der Waals surface area (Å²) < 4.78 is 0. The Morgan fingerprint density at radius 1 is 1.47 bits per heavy atom. The van der Waals surface area contributed by atoms with Gasteiger partial charge in [0, 0.05) is 5.02 Å². The standard InChI is InChI=1S/C11H12ClN5/c1-7-3-9-10(4-8(7)12)16-17(15-9)6-11(2,14)5-13/h3-4H,6,14H2,1-2H3. The molecule has 1 atom stereocenters. The van der Waals surface area contributed by atoms with Crippen molar-refractivity contribution in [3.63, 3.8) is 0 Å². The van der Waals surface area contributed by atoms with E-state index in [1.807, 2.05) is 19.1 Å². The van der Waals surface area contributed by atoms with Gasteiger partial charge in [-0.25, -0.2) is 0 Å². The summed E-state index contributed by atoms with van der Waals surface area (Å²) in [7, 11) is 0. The highest BCUT2D eigenvalue weighted by Crippen LogP contribution is 2.20. The van der Waals surface area contributed by atoms with E-state index < -0.39 is 5.54 Å². The minimum absolute atomic E-state index is 0.245. The van der Waals surface area contributed by atoms with E-state index >= 15 is 0 Å². The number of hydrogen-bond acceptors (Lipinski definition) is 4. The molecule has 2 rings (SSSR count). The van der Waals surface area contributed by atoms with Crippen LogP contribution < -0.4 is 5.73 Å². The molecule has 0 spiro atoms. The van der Waals surface area contributed by atoms with Gasteiger partial charge in [-0.3, -0.25) is 0 Å². The molecule has 2 N–H and O–H groups in total. The molecule has 2 aromatic rings. The van der Waals surface area contributed by atoms with Crippen LogP contribution in [0, 0.1) is 18.3 Å². The Labute approximate surface area is 104 Å². The van der Waals surface area contributed by atoms with Crippen LogP contribution in [-0.4, -0.2) is 20.5 Å². The van der Waals surface area contributed by atoms with E-state index in [9.17, 15) is 0 Å². The van der Waals surface area contributed by atoms with Gasteiger partial charge >= 0.3 is 0 Å². The first-order chi connectivity index (χ1) is 7.91. The molecule has 0 bridgehead atoms. The first-order valence-corrected chi connectivity index (χ1v) is 5.50. The fraction of sp³-hybridized carbons (Fsp3) is 0.364. The third-order valence-electron chi connectivity index (χ3n) is 2.43. The number of aromatic nitrogens is 3. The molecular weight excluding hydrogens is 238 g/mol.